The normalized spacial score (nSPS) is 11.1. The highest BCUT2D eigenvalue weighted by atomic mass is 16.5. The minimum atomic E-state index is -0.0226. The van der Waals surface area contributed by atoms with Crippen molar-refractivity contribution in [1.82, 2.24) is 4.90 Å². The second-order valence-corrected chi connectivity index (χ2v) is 4.31. The Morgan fingerprint density at radius 2 is 1.95 bits per heavy atom. The van der Waals surface area contributed by atoms with Crippen LogP contribution in [0.3, 0.4) is 0 Å². The number of ether oxygens (including phenoxy) is 1. The number of nitrogens with zero attached hydrogens (tertiary/aromatic N) is 1. The molecule has 0 unspecified atom stereocenters. The van der Waals surface area contributed by atoms with Crippen LogP contribution in [0.25, 0.3) is 0 Å². The number of carbonyl (C=O) groups is 1. The van der Waals surface area contributed by atoms with Gasteiger partial charge in [-0.1, -0.05) is 35.9 Å². The van der Waals surface area contributed by atoms with Gasteiger partial charge in [-0.25, -0.2) is 0 Å². The summed E-state index contributed by atoms with van der Waals surface area (Å²) in [6.07, 6.45) is 6.99. The summed E-state index contributed by atoms with van der Waals surface area (Å²) in [7, 11) is 1.76. The molecule has 3 nitrogen and oxygen atoms in total. The fraction of sp³-hybridized carbons (Fsp3) is 0.312. The van der Waals surface area contributed by atoms with E-state index >= 15 is 0 Å². The molecule has 0 saturated heterocycles. The molecule has 0 heterocycles. The fourth-order valence-electron chi connectivity index (χ4n) is 1.42. The molecule has 0 bridgehead atoms. The quantitative estimate of drug-likeness (QED) is 0.580. The molecule has 3 heteroatoms. The molecule has 0 aliphatic carbocycles. The van der Waals surface area contributed by atoms with Gasteiger partial charge in [-0.15, -0.1) is 0 Å². The lowest BCUT2D eigenvalue weighted by Gasteiger charge is -2.15. The molecule has 1 aromatic rings. The van der Waals surface area contributed by atoms with E-state index in [-0.39, 0.29) is 5.91 Å². The molecule has 0 fully saturated rings. The van der Waals surface area contributed by atoms with Crippen LogP contribution in [0, 0.1) is 6.92 Å². The molecule has 0 aliphatic rings. The SMILES string of the molecule is C/C=C/C=C/C(=O)N(C)CCOc1ccc(C)cc1. The van der Waals surface area contributed by atoms with Gasteiger partial charge in [-0.2, -0.15) is 0 Å². The molecule has 0 aromatic heterocycles. The molecule has 1 aromatic carbocycles. The topological polar surface area (TPSA) is 29.5 Å². The fourth-order valence-corrected chi connectivity index (χ4v) is 1.42. The van der Waals surface area contributed by atoms with Gasteiger partial charge in [0.2, 0.25) is 5.91 Å². The Balaban J connectivity index is 2.32. The number of benzene rings is 1. The van der Waals surface area contributed by atoms with Crippen LogP contribution in [0.2, 0.25) is 0 Å². The Kier molecular flexibility index (Phi) is 6.44. The van der Waals surface area contributed by atoms with Crippen LogP contribution in [0.1, 0.15) is 12.5 Å². The van der Waals surface area contributed by atoms with Gasteiger partial charge in [0.05, 0.1) is 6.54 Å². The summed E-state index contributed by atoms with van der Waals surface area (Å²) in [6, 6.07) is 7.88. The first-order chi connectivity index (χ1) is 9.13. The molecule has 102 valence electrons. The van der Waals surface area contributed by atoms with Crippen LogP contribution in [0.15, 0.2) is 48.6 Å². The number of likely N-dealkylation sites (N-methyl/N-ethyl adjacent to an activating group) is 1. The van der Waals surface area contributed by atoms with Crippen molar-refractivity contribution in [3.63, 3.8) is 0 Å². The minimum Gasteiger partial charge on any atom is -0.492 e. The largest absolute Gasteiger partial charge is 0.492 e. The van der Waals surface area contributed by atoms with Crippen molar-refractivity contribution in [2.24, 2.45) is 0 Å². The number of carbonyl (C=O) groups excluding carboxylic acids is 1. The van der Waals surface area contributed by atoms with Gasteiger partial charge in [-0.05, 0) is 26.0 Å². The molecular weight excluding hydrogens is 238 g/mol. The summed E-state index contributed by atoms with van der Waals surface area (Å²) in [6.45, 7) is 5.00. The van der Waals surface area contributed by atoms with Crippen LogP contribution in [0.5, 0.6) is 5.75 Å². The molecule has 0 spiro atoms. The highest BCUT2D eigenvalue weighted by Gasteiger charge is 2.04. The zero-order valence-corrected chi connectivity index (χ0v) is 11.8. The maximum Gasteiger partial charge on any atom is 0.246 e. The van der Waals surface area contributed by atoms with E-state index in [1.807, 2.05) is 50.3 Å². The van der Waals surface area contributed by atoms with Crippen molar-refractivity contribution in [2.75, 3.05) is 20.2 Å². The van der Waals surface area contributed by atoms with Crippen molar-refractivity contribution in [2.45, 2.75) is 13.8 Å². The maximum atomic E-state index is 11.7. The summed E-state index contributed by atoms with van der Waals surface area (Å²) in [5, 5.41) is 0. The van der Waals surface area contributed by atoms with Crippen molar-refractivity contribution >= 4 is 5.91 Å². The summed E-state index contributed by atoms with van der Waals surface area (Å²) in [5.41, 5.74) is 1.20. The first kappa shape index (κ1) is 15.0. The van der Waals surface area contributed by atoms with E-state index in [2.05, 4.69) is 0 Å². The lowest BCUT2D eigenvalue weighted by atomic mass is 10.2. The number of rotatable bonds is 6. The second kappa shape index (κ2) is 8.14. The monoisotopic (exact) mass is 259 g/mol. The smallest absolute Gasteiger partial charge is 0.246 e. The van der Waals surface area contributed by atoms with Gasteiger partial charge in [0, 0.05) is 13.1 Å². The van der Waals surface area contributed by atoms with E-state index in [0.717, 1.165) is 5.75 Å². The minimum absolute atomic E-state index is 0.0226. The molecule has 1 amide bonds. The molecule has 0 N–H and O–H groups in total. The zero-order valence-electron chi connectivity index (χ0n) is 11.8. The zero-order chi connectivity index (χ0) is 14.1. The Labute approximate surface area is 115 Å². The number of hydrogen-bond donors (Lipinski definition) is 0. The van der Waals surface area contributed by atoms with Gasteiger partial charge in [-0.3, -0.25) is 4.79 Å². The summed E-state index contributed by atoms with van der Waals surface area (Å²) >= 11 is 0. The number of amides is 1. The molecule has 0 saturated carbocycles. The van der Waals surface area contributed by atoms with Gasteiger partial charge in [0.1, 0.15) is 12.4 Å². The van der Waals surface area contributed by atoms with E-state index in [9.17, 15) is 4.79 Å². The van der Waals surface area contributed by atoms with E-state index in [1.165, 1.54) is 5.56 Å². The maximum absolute atomic E-state index is 11.7. The summed E-state index contributed by atoms with van der Waals surface area (Å²) in [4.78, 5) is 13.3. The van der Waals surface area contributed by atoms with Crippen LogP contribution in [0.4, 0.5) is 0 Å². The number of aryl methyl sites for hydroxylation is 1. The standard InChI is InChI=1S/C16H21NO2/c1-4-5-6-7-16(18)17(3)12-13-19-15-10-8-14(2)9-11-15/h4-11H,12-13H2,1-3H3/b5-4+,7-6+. The van der Waals surface area contributed by atoms with E-state index in [1.54, 1.807) is 24.1 Å². The number of hydrogen-bond acceptors (Lipinski definition) is 2. The molecule has 19 heavy (non-hydrogen) atoms. The van der Waals surface area contributed by atoms with Crippen LogP contribution >= 0.6 is 0 Å². The number of allylic oxidation sites excluding steroid dienone is 3. The van der Waals surface area contributed by atoms with Crippen LogP contribution < -0.4 is 4.74 Å². The summed E-state index contributed by atoms with van der Waals surface area (Å²) < 4.78 is 5.58. The van der Waals surface area contributed by atoms with Crippen molar-refractivity contribution < 1.29 is 9.53 Å². The van der Waals surface area contributed by atoms with Gasteiger partial charge in [0.15, 0.2) is 0 Å². The average Bonchev–Trinajstić information content (AvgIpc) is 2.41. The Morgan fingerprint density at radius 3 is 2.58 bits per heavy atom. The molecule has 1 rings (SSSR count). The first-order valence-electron chi connectivity index (χ1n) is 6.37. The lowest BCUT2D eigenvalue weighted by Crippen LogP contribution is -2.29. The highest BCUT2D eigenvalue weighted by molar-refractivity contribution is 5.87. The van der Waals surface area contributed by atoms with E-state index in [4.69, 9.17) is 4.74 Å². The summed E-state index contributed by atoms with van der Waals surface area (Å²) in [5.74, 6) is 0.807. The van der Waals surface area contributed by atoms with Crippen LogP contribution in [-0.4, -0.2) is 31.0 Å². The van der Waals surface area contributed by atoms with Gasteiger partial charge < -0.3 is 9.64 Å². The molecular formula is C16H21NO2. The third-order valence-corrected chi connectivity index (χ3v) is 2.63. The second-order valence-electron chi connectivity index (χ2n) is 4.31. The van der Waals surface area contributed by atoms with Crippen LogP contribution in [-0.2, 0) is 4.79 Å². The highest BCUT2D eigenvalue weighted by Crippen LogP contribution is 2.11. The lowest BCUT2D eigenvalue weighted by molar-refractivity contribution is -0.125. The predicted octanol–water partition coefficient (Wildman–Crippen LogP) is 2.96. The van der Waals surface area contributed by atoms with Gasteiger partial charge in [0.25, 0.3) is 0 Å². The molecule has 0 aliphatic heterocycles. The molecule has 0 radical (unpaired) electrons. The third kappa shape index (κ3) is 5.91. The van der Waals surface area contributed by atoms with Crippen molar-refractivity contribution in [3.8, 4) is 5.75 Å². The molecule has 0 atom stereocenters. The Bertz CT molecular complexity index is 446. The van der Waals surface area contributed by atoms with E-state index < -0.39 is 0 Å². The predicted molar refractivity (Wildman–Crippen MR) is 78.3 cm³/mol. The van der Waals surface area contributed by atoms with Crippen molar-refractivity contribution in [1.29, 1.82) is 0 Å². The first-order valence-corrected chi connectivity index (χ1v) is 6.37. The van der Waals surface area contributed by atoms with E-state index in [0.29, 0.717) is 13.2 Å². The average molecular weight is 259 g/mol. The Hall–Kier alpha value is -2.03. The van der Waals surface area contributed by atoms with Gasteiger partial charge >= 0.3 is 0 Å². The van der Waals surface area contributed by atoms with Crippen molar-refractivity contribution in [3.05, 3.63) is 54.1 Å². The third-order valence-electron chi connectivity index (χ3n) is 2.63. The Morgan fingerprint density at radius 1 is 1.26 bits per heavy atom.